The van der Waals surface area contributed by atoms with Crippen molar-refractivity contribution in [3.63, 3.8) is 0 Å². The normalized spacial score (nSPS) is 17.6. The Hall–Kier alpha value is -2.69. The molecule has 1 saturated heterocycles. The number of hydrogen-bond donors (Lipinski definition) is 0. The summed E-state index contributed by atoms with van der Waals surface area (Å²) in [6.45, 7) is 11.2. The van der Waals surface area contributed by atoms with E-state index < -0.39 is 22.9 Å². The van der Waals surface area contributed by atoms with Crippen LogP contribution in [0.1, 0.15) is 46.0 Å². The molecular weight excluding hydrogens is 413 g/mol. The van der Waals surface area contributed by atoms with Crippen molar-refractivity contribution in [3.05, 3.63) is 35.7 Å². The van der Waals surface area contributed by atoms with Crippen molar-refractivity contribution in [1.82, 2.24) is 30.0 Å². The number of halogens is 3. The maximum absolute atomic E-state index is 13.1. The van der Waals surface area contributed by atoms with Crippen LogP contribution < -0.4 is 0 Å². The zero-order valence-corrected chi connectivity index (χ0v) is 18.3. The van der Waals surface area contributed by atoms with Gasteiger partial charge < -0.3 is 9.64 Å². The number of aromatic nitrogens is 4. The van der Waals surface area contributed by atoms with Crippen LogP contribution in [0.15, 0.2) is 24.3 Å². The maximum atomic E-state index is 13.1. The monoisotopic (exact) mass is 440 g/mol. The average molecular weight is 440 g/mol. The Balaban J connectivity index is 1.74. The lowest BCUT2D eigenvalue weighted by Gasteiger charge is -2.46. The fourth-order valence-electron chi connectivity index (χ4n) is 3.56. The van der Waals surface area contributed by atoms with Crippen molar-refractivity contribution in [2.45, 2.75) is 58.5 Å². The molecule has 0 atom stereocenters. The molecule has 2 aromatic rings. The van der Waals surface area contributed by atoms with Gasteiger partial charge in [-0.15, -0.1) is 5.10 Å². The Labute approximate surface area is 179 Å². The van der Waals surface area contributed by atoms with Gasteiger partial charge in [-0.2, -0.15) is 17.9 Å². The third kappa shape index (κ3) is 5.52. The molecule has 1 aromatic heterocycles. The second kappa shape index (κ2) is 8.10. The number of hydrogen-bond acceptors (Lipinski definition) is 6. The van der Waals surface area contributed by atoms with Crippen molar-refractivity contribution in [1.29, 1.82) is 0 Å². The van der Waals surface area contributed by atoms with Crippen LogP contribution in [0.2, 0.25) is 0 Å². The van der Waals surface area contributed by atoms with Gasteiger partial charge in [-0.05, 0) is 63.2 Å². The molecule has 2 heterocycles. The minimum Gasteiger partial charge on any atom is -0.444 e. The molecule has 0 radical (unpaired) electrons. The molecule has 1 fully saturated rings. The number of benzene rings is 1. The number of ether oxygens (including phenoxy) is 1. The second-order valence-electron chi connectivity index (χ2n) is 9.21. The van der Waals surface area contributed by atoms with E-state index in [2.05, 4.69) is 20.4 Å². The largest absolute Gasteiger partial charge is 0.444 e. The van der Waals surface area contributed by atoms with Crippen molar-refractivity contribution >= 4 is 6.09 Å². The van der Waals surface area contributed by atoms with Gasteiger partial charge >= 0.3 is 12.3 Å². The minimum atomic E-state index is -4.45. The van der Waals surface area contributed by atoms with E-state index >= 15 is 0 Å². The highest BCUT2D eigenvalue weighted by Gasteiger charge is 2.39. The van der Waals surface area contributed by atoms with E-state index in [4.69, 9.17) is 4.74 Å². The van der Waals surface area contributed by atoms with Gasteiger partial charge in [0.05, 0.1) is 23.3 Å². The molecule has 11 heteroatoms. The van der Waals surface area contributed by atoms with Crippen molar-refractivity contribution in [3.8, 4) is 5.69 Å². The number of nitrogens with zero attached hydrogens (tertiary/aromatic N) is 6. The standard InChI is InChI=1S/C20H27F3N6O2/c1-18(2,3)31-17(30)28-10-9-27(13-19(28,4)5)12-16-24-25-26-29(16)15-8-6-7-14(11-15)20(21,22)23/h6-8,11H,9-10,12-13H2,1-5H3. The zero-order chi connectivity index (χ0) is 23.0. The topological polar surface area (TPSA) is 76.4 Å². The first kappa shape index (κ1) is 23.0. The summed E-state index contributed by atoms with van der Waals surface area (Å²) in [6.07, 6.45) is -4.82. The van der Waals surface area contributed by atoms with Crippen molar-refractivity contribution in [2.24, 2.45) is 0 Å². The highest BCUT2D eigenvalue weighted by molar-refractivity contribution is 5.69. The molecule has 1 aromatic carbocycles. The van der Waals surface area contributed by atoms with E-state index in [1.54, 1.807) is 4.90 Å². The SMILES string of the molecule is CC(C)(C)OC(=O)N1CCN(Cc2nnnn2-c2cccc(C(F)(F)F)c2)CC1(C)C. The number of tetrazole rings is 1. The van der Waals surface area contributed by atoms with Crippen LogP contribution in [0.5, 0.6) is 0 Å². The van der Waals surface area contributed by atoms with Crippen LogP contribution in [0.25, 0.3) is 5.69 Å². The number of carbonyl (C=O) groups excluding carboxylic acids is 1. The lowest BCUT2D eigenvalue weighted by atomic mass is 9.99. The first-order valence-corrected chi connectivity index (χ1v) is 9.94. The van der Waals surface area contributed by atoms with Gasteiger partial charge in [0.2, 0.25) is 0 Å². The van der Waals surface area contributed by atoms with Crippen molar-refractivity contribution < 1.29 is 22.7 Å². The summed E-state index contributed by atoms with van der Waals surface area (Å²) >= 11 is 0. The van der Waals surface area contributed by atoms with E-state index in [0.29, 0.717) is 32.0 Å². The summed E-state index contributed by atoms with van der Waals surface area (Å²) in [4.78, 5) is 16.3. The molecule has 0 saturated carbocycles. The van der Waals surface area contributed by atoms with E-state index in [-0.39, 0.29) is 11.8 Å². The van der Waals surface area contributed by atoms with Gasteiger partial charge in [-0.3, -0.25) is 4.90 Å². The fourth-order valence-corrected chi connectivity index (χ4v) is 3.56. The minimum absolute atomic E-state index is 0.237. The molecular formula is C20H27F3N6O2. The molecule has 1 aliphatic rings. The maximum Gasteiger partial charge on any atom is 0.416 e. The molecule has 8 nitrogen and oxygen atoms in total. The number of piperazine rings is 1. The summed E-state index contributed by atoms with van der Waals surface area (Å²) in [7, 11) is 0. The first-order valence-electron chi connectivity index (χ1n) is 9.94. The van der Waals surface area contributed by atoms with Crippen LogP contribution in [-0.2, 0) is 17.5 Å². The van der Waals surface area contributed by atoms with Gasteiger partial charge in [0.25, 0.3) is 0 Å². The zero-order valence-electron chi connectivity index (χ0n) is 18.3. The predicted octanol–water partition coefficient (Wildman–Crippen LogP) is 3.51. The molecule has 31 heavy (non-hydrogen) atoms. The molecule has 0 bridgehead atoms. The average Bonchev–Trinajstić information content (AvgIpc) is 3.07. The summed E-state index contributed by atoms with van der Waals surface area (Å²) < 4.78 is 46.0. The Morgan fingerprint density at radius 1 is 1.19 bits per heavy atom. The van der Waals surface area contributed by atoms with E-state index in [9.17, 15) is 18.0 Å². The Morgan fingerprint density at radius 2 is 1.90 bits per heavy atom. The van der Waals surface area contributed by atoms with Gasteiger partial charge in [-0.1, -0.05) is 6.07 Å². The Bertz CT molecular complexity index is 935. The van der Waals surface area contributed by atoms with Crippen LogP contribution in [0, 0.1) is 0 Å². The molecule has 170 valence electrons. The number of alkyl halides is 3. The Kier molecular flexibility index (Phi) is 6.01. The quantitative estimate of drug-likeness (QED) is 0.727. The highest BCUT2D eigenvalue weighted by Crippen LogP contribution is 2.30. The van der Waals surface area contributed by atoms with Gasteiger partial charge in [0.15, 0.2) is 5.82 Å². The molecule has 0 N–H and O–H groups in total. The third-order valence-corrected chi connectivity index (χ3v) is 4.91. The highest BCUT2D eigenvalue weighted by atomic mass is 19.4. The molecule has 1 aliphatic heterocycles. The summed E-state index contributed by atoms with van der Waals surface area (Å²) in [5.74, 6) is 0.417. The van der Waals surface area contributed by atoms with E-state index in [1.165, 1.54) is 16.8 Å². The number of amides is 1. The third-order valence-electron chi connectivity index (χ3n) is 4.91. The van der Waals surface area contributed by atoms with E-state index in [1.807, 2.05) is 34.6 Å². The number of rotatable bonds is 3. The lowest BCUT2D eigenvalue weighted by Crippen LogP contribution is -2.61. The second-order valence-corrected chi connectivity index (χ2v) is 9.21. The van der Waals surface area contributed by atoms with Gasteiger partial charge in [-0.25, -0.2) is 4.79 Å². The van der Waals surface area contributed by atoms with Crippen LogP contribution in [-0.4, -0.2) is 66.9 Å². The first-order chi connectivity index (χ1) is 14.3. The van der Waals surface area contributed by atoms with E-state index in [0.717, 1.165) is 12.1 Å². The lowest BCUT2D eigenvalue weighted by molar-refractivity contribution is -0.137. The molecule has 1 amide bonds. The molecule has 0 aliphatic carbocycles. The van der Waals surface area contributed by atoms with Gasteiger partial charge in [0, 0.05) is 19.6 Å². The smallest absolute Gasteiger partial charge is 0.416 e. The molecule has 0 unspecified atom stereocenters. The number of carbonyl (C=O) groups is 1. The van der Waals surface area contributed by atoms with Crippen LogP contribution in [0.4, 0.5) is 18.0 Å². The summed E-state index contributed by atoms with van der Waals surface area (Å²) in [5.41, 5.74) is -1.62. The Morgan fingerprint density at radius 3 is 2.52 bits per heavy atom. The fraction of sp³-hybridized carbons (Fsp3) is 0.600. The van der Waals surface area contributed by atoms with Crippen molar-refractivity contribution in [2.75, 3.05) is 19.6 Å². The van der Waals surface area contributed by atoms with Gasteiger partial charge in [0.1, 0.15) is 5.60 Å². The van der Waals surface area contributed by atoms with Crippen LogP contribution >= 0.6 is 0 Å². The summed E-state index contributed by atoms with van der Waals surface area (Å²) in [6, 6.07) is 4.88. The summed E-state index contributed by atoms with van der Waals surface area (Å²) in [5, 5.41) is 11.5. The van der Waals surface area contributed by atoms with Crippen LogP contribution in [0.3, 0.4) is 0 Å². The molecule has 3 rings (SSSR count). The molecule has 0 spiro atoms. The predicted molar refractivity (Wildman–Crippen MR) is 106 cm³/mol.